The molecule has 0 bridgehead atoms. The van der Waals surface area contributed by atoms with Crippen LogP contribution in [0.3, 0.4) is 0 Å². The van der Waals surface area contributed by atoms with Crippen LogP contribution < -0.4 is 5.32 Å². The first-order chi connectivity index (χ1) is 14.8. The van der Waals surface area contributed by atoms with Gasteiger partial charge in [-0.1, -0.05) is 30.5 Å². The molecule has 6 nitrogen and oxygen atoms in total. The van der Waals surface area contributed by atoms with Crippen molar-refractivity contribution in [1.29, 1.82) is 0 Å². The van der Waals surface area contributed by atoms with Crippen LogP contribution in [0, 0.1) is 0 Å². The third kappa shape index (κ3) is 5.53. The molecule has 2 heterocycles. The van der Waals surface area contributed by atoms with E-state index >= 15 is 0 Å². The second-order valence-corrected chi connectivity index (χ2v) is 8.90. The van der Waals surface area contributed by atoms with E-state index in [1.807, 2.05) is 50.2 Å². The Balaban J connectivity index is 1.76. The van der Waals surface area contributed by atoms with Crippen LogP contribution in [0.4, 0.5) is 15.0 Å². The number of anilines is 1. The number of benzene rings is 1. The van der Waals surface area contributed by atoms with Crippen LogP contribution in [0.2, 0.25) is 0 Å². The molecule has 1 aromatic heterocycles. The summed E-state index contributed by atoms with van der Waals surface area (Å²) in [4.78, 5) is 25.4. The van der Waals surface area contributed by atoms with Crippen LogP contribution in [0.25, 0.3) is 15.7 Å². The number of thioether (sulfide) groups is 1. The van der Waals surface area contributed by atoms with Crippen LogP contribution >= 0.6 is 11.8 Å². The zero-order chi connectivity index (χ0) is 22.5. The zero-order valence-corrected chi connectivity index (χ0v) is 19.2. The summed E-state index contributed by atoms with van der Waals surface area (Å²) in [6.45, 7) is 6.31. The number of carbonyl (C=O) groups excluding carboxylic acids is 1. The lowest BCUT2D eigenvalue weighted by Gasteiger charge is -2.37. The van der Waals surface area contributed by atoms with E-state index in [2.05, 4.69) is 27.6 Å². The highest BCUT2D eigenvalue weighted by Crippen LogP contribution is 2.30. The zero-order valence-electron chi connectivity index (χ0n) is 18.4. The monoisotopic (exact) mass is 441 g/mol. The van der Waals surface area contributed by atoms with Gasteiger partial charge < -0.3 is 9.80 Å². The van der Waals surface area contributed by atoms with Gasteiger partial charge in [0.05, 0.1) is 16.5 Å². The summed E-state index contributed by atoms with van der Waals surface area (Å²) < 4.78 is 14.4. The maximum Gasteiger partial charge on any atom is 0.323 e. The maximum atomic E-state index is 14.4. The van der Waals surface area contributed by atoms with Gasteiger partial charge in [0.2, 0.25) is 0 Å². The second kappa shape index (κ2) is 10.1. The summed E-state index contributed by atoms with van der Waals surface area (Å²) in [6, 6.07) is 7.30. The molecule has 0 aliphatic carbocycles. The largest absolute Gasteiger partial charge is 0.323 e. The highest BCUT2D eigenvalue weighted by Gasteiger charge is 2.32. The third-order valence-electron chi connectivity index (χ3n) is 5.40. The molecule has 1 aliphatic rings. The Morgan fingerprint density at radius 3 is 2.81 bits per heavy atom. The topological polar surface area (TPSA) is 60.8 Å². The van der Waals surface area contributed by atoms with Gasteiger partial charge in [-0.15, -0.1) is 5.73 Å². The quantitative estimate of drug-likeness (QED) is 0.426. The van der Waals surface area contributed by atoms with Gasteiger partial charge in [0.1, 0.15) is 12.0 Å². The Morgan fingerprint density at radius 2 is 2.16 bits per heavy atom. The van der Waals surface area contributed by atoms with E-state index in [1.54, 1.807) is 13.2 Å². The molecule has 1 N–H and O–H groups in total. The molecule has 3 rings (SSSR count). The normalized spacial score (nSPS) is 19.4. The van der Waals surface area contributed by atoms with Crippen molar-refractivity contribution in [1.82, 2.24) is 14.8 Å². The lowest BCUT2D eigenvalue weighted by molar-refractivity contribution is 0.0755. The van der Waals surface area contributed by atoms with Gasteiger partial charge in [0.15, 0.2) is 0 Å². The van der Waals surface area contributed by atoms with Crippen molar-refractivity contribution in [3.05, 3.63) is 48.3 Å². The van der Waals surface area contributed by atoms with Crippen molar-refractivity contribution < 1.29 is 9.18 Å². The predicted octanol–water partition coefficient (Wildman–Crippen LogP) is 4.65. The summed E-state index contributed by atoms with van der Waals surface area (Å²) in [5.74, 6) is 0.433. The summed E-state index contributed by atoms with van der Waals surface area (Å²) in [5, 5.41) is 5.60. The Morgan fingerprint density at radius 1 is 1.39 bits per heavy atom. The average molecular weight is 442 g/mol. The summed E-state index contributed by atoms with van der Waals surface area (Å²) in [7, 11) is 5.47. The lowest BCUT2D eigenvalue weighted by Crippen LogP contribution is -2.52. The number of nitrogens with one attached hydrogen (secondary N) is 1. The molecule has 2 aromatic rings. The number of pyridine rings is 1. The first-order valence-electron chi connectivity index (χ1n) is 10.1. The number of amides is 2. The first kappa shape index (κ1) is 23.0. The van der Waals surface area contributed by atoms with E-state index in [0.717, 1.165) is 26.3 Å². The molecule has 2 amide bonds. The van der Waals surface area contributed by atoms with Crippen LogP contribution in [0.15, 0.2) is 47.8 Å². The van der Waals surface area contributed by atoms with Crippen molar-refractivity contribution in [2.24, 2.45) is 4.99 Å². The van der Waals surface area contributed by atoms with Crippen LogP contribution in [-0.4, -0.2) is 72.3 Å². The number of alkyl halides is 1. The van der Waals surface area contributed by atoms with Crippen molar-refractivity contribution in [2.45, 2.75) is 25.6 Å². The number of nitrogens with zero attached hydrogens (tertiary/aromatic N) is 4. The average Bonchev–Trinajstić information content (AvgIpc) is 2.76. The molecule has 0 saturated carbocycles. The number of carbonyl (C=O) groups is 1. The highest BCUT2D eigenvalue weighted by atomic mass is 32.2. The Labute approximate surface area is 186 Å². The molecule has 0 spiro atoms. The van der Waals surface area contributed by atoms with Crippen LogP contribution in [0.1, 0.15) is 18.9 Å². The summed E-state index contributed by atoms with van der Waals surface area (Å²) in [6.07, 6.45) is 1.25. The minimum absolute atomic E-state index is 0.0788. The molecule has 0 radical (unpaired) electrons. The number of aromatic nitrogens is 1. The van der Waals surface area contributed by atoms with Crippen molar-refractivity contribution in [2.75, 3.05) is 39.5 Å². The van der Waals surface area contributed by atoms with Gasteiger partial charge in [0, 0.05) is 31.2 Å². The SMILES string of the molecule is C=C=C(SC(C)=NC)c1ccc2cnc(NC(=O)N3CC[C@H](N(C)C)[C@@H](F)C3)cc2c1. The fraction of sp³-hybridized carbons (Fsp3) is 0.391. The van der Waals surface area contributed by atoms with E-state index in [0.29, 0.717) is 18.8 Å². The van der Waals surface area contributed by atoms with Gasteiger partial charge in [-0.2, -0.15) is 0 Å². The number of likely N-dealkylation sites (tertiary alicyclic amines) is 1. The second-order valence-electron chi connectivity index (χ2n) is 7.69. The molecule has 8 heteroatoms. The van der Waals surface area contributed by atoms with E-state index in [1.165, 1.54) is 16.7 Å². The third-order valence-corrected chi connectivity index (χ3v) is 6.46. The molecule has 1 aromatic carbocycles. The van der Waals surface area contributed by atoms with Crippen molar-refractivity contribution in [3.63, 3.8) is 0 Å². The molecule has 2 atom stereocenters. The maximum absolute atomic E-state index is 14.4. The number of piperidine rings is 1. The molecular formula is C23H28FN5OS. The van der Waals surface area contributed by atoms with Gasteiger partial charge in [0.25, 0.3) is 0 Å². The number of rotatable bonds is 4. The number of hydrogen-bond donors (Lipinski definition) is 1. The van der Waals surface area contributed by atoms with Crippen molar-refractivity contribution >= 4 is 44.3 Å². The molecular weight excluding hydrogens is 413 g/mol. The Bertz CT molecular complexity index is 1050. The highest BCUT2D eigenvalue weighted by molar-refractivity contribution is 8.21. The first-order valence-corrected chi connectivity index (χ1v) is 10.9. The smallest absolute Gasteiger partial charge is 0.321 e. The molecule has 1 fully saturated rings. The minimum atomic E-state index is -1.07. The molecule has 1 saturated heterocycles. The van der Waals surface area contributed by atoms with Gasteiger partial charge in [-0.3, -0.25) is 10.3 Å². The van der Waals surface area contributed by atoms with Crippen LogP contribution in [-0.2, 0) is 0 Å². The van der Waals surface area contributed by atoms with E-state index in [9.17, 15) is 9.18 Å². The van der Waals surface area contributed by atoms with E-state index < -0.39 is 6.17 Å². The minimum Gasteiger partial charge on any atom is -0.321 e. The van der Waals surface area contributed by atoms with Crippen LogP contribution in [0.5, 0.6) is 0 Å². The summed E-state index contributed by atoms with van der Waals surface area (Å²) in [5.41, 5.74) is 3.93. The number of hydrogen-bond acceptors (Lipinski definition) is 5. The lowest BCUT2D eigenvalue weighted by atomic mass is 10.0. The Hall–Kier alpha value is -2.67. The van der Waals surface area contributed by atoms with Gasteiger partial charge >= 0.3 is 6.03 Å². The molecule has 0 unspecified atom stereocenters. The van der Waals surface area contributed by atoms with E-state index in [4.69, 9.17) is 0 Å². The number of aliphatic imine (C=N–C) groups is 1. The fourth-order valence-electron chi connectivity index (χ4n) is 3.59. The van der Waals surface area contributed by atoms with E-state index in [-0.39, 0.29) is 18.6 Å². The fourth-order valence-corrected chi connectivity index (χ4v) is 4.29. The summed E-state index contributed by atoms with van der Waals surface area (Å²) >= 11 is 1.50. The van der Waals surface area contributed by atoms with Gasteiger partial charge in [-0.25, -0.2) is 14.2 Å². The number of fused-ring (bicyclic) bond motifs is 1. The standard InChI is InChI=1S/C23H28FN5OS/c1-6-21(31-15(2)25-3)16-7-8-17-13-26-22(12-18(17)11-16)27-23(30)29-10-9-20(28(4)5)19(24)14-29/h7-8,11-13,19-20H,1,9-10,14H2,2-5H3,(H,26,27,30)/t19-,20-/m0/s1. The van der Waals surface area contributed by atoms with Gasteiger partial charge in [-0.05, 0) is 50.5 Å². The Kier molecular flexibility index (Phi) is 7.49. The molecule has 1 aliphatic heterocycles. The predicted molar refractivity (Wildman–Crippen MR) is 128 cm³/mol. The van der Waals surface area contributed by atoms with Crippen molar-refractivity contribution in [3.8, 4) is 0 Å². The molecule has 164 valence electrons. The number of halogens is 1. The molecule has 31 heavy (non-hydrogen) atoms. The number of urea groups is 1.